The van der Waals surface area contributed by atoms with E-state index in [-0.39, 0.29) is 18.4 Å². The third-order valence-corrected chi connectivity index (χ3v) is 4.43. The van der Waals surface area contributed by atoms with Crippen molar-refractivity contribution in [3.05, 3.63) is 108 Å². The van der Waals surface area contributed by atoms with E-state index >= 15 is 0 Å². The molecule has 0 fully saturated rings. The lowest BCUT2D eigenvalue weighted by molar-refractivity contribution is -0.125. The molecule has 4 nitrogen and oxygen atoms in total. The van der Waals surface area contributed by atoms with Gasteiger partial charge in [0.15, 0.2) is 6.61 Å². The minimum atomic E-state index is -0.176. The fourth-order valence-corrected chi connectivity index (χ4v) is 3.04. The molecule has 3 rings (SSSR count). The van der Waals surface area contributed by atoms with Gasteiger partial charge in [-0.3, -0.25) is 4.79 Å². The van der Waals surface area contributed by atoms with Crippen LogP contribution in [0.1, 0.15) is 29.0 Å². The van der Waals surface area contributed by atoms with Crippen molar-refractivity contribution < 1.29 is 9.63 Å². The molecule has 0 aromatic heterocycles. The number of amides is 1. The van der Waals surface area contributed by atoms with Gasteiger partial charge in [0.1, 0.15) is 0 Å². The van der Waals surface area contributed by atoms with Crippen LogP contribution in [0.5, 0.6) is 0 Å². The number of nitrogens with one attached hydrogen (secondary N) is 1. The van der Waals surface area contributed by atoms with E-state index in [0.29, 0.717) is 6.54 Å². The molecule has 0 aliphatic heterocycles. The second-order valence-corrected chi connectivity index (χ2v) is 6.43. The Kier molecular flexibility index (Phi) is 7.38. The zero-order valence-corrected chi connectivity index (χ0v) is 15.7. The number of hydrogen-bond acceptors (Lipinski definition) is 3. The Labute approximate surface area is 165 Å². The van der Waals surface area contributed by atoms with Crippen molar-refractivity contribution in [1.29, 1.82) is 0 Å². The molecule has 0 radical (unpaired) electrons. The van der Waals surface area contributed by atoms with Crippen LogP contribution in [0.3, 0.4) is 0 Å². The van der Waals surface area contributed by atoms with Crippen LogP contribution in [-0.4, -0.2) is 25.3 Å². The maximum absolute atomic E-state index is 12.0. The number of carbonyl (C=O) groups excluding carboxylic acids is 1. The van der Waals surface area contributed by atoms with E-state index in [9.17, 15) is 4.79 Å². The Morgan fingerprint density at radius 1 is 0.857 bits per heavy atom. The molecule has 0 aliphatic carbocycles. The summed E-state index contributed by atoms with van der Waals surface area (Å²) >= 11 is 0. The first kappa shape index (κ1) is 19.4. The summed E-state index contributed by atoms with van der Waals surface area (Å²) in [5, 5.41) is 6.75. The van der Waals surface area contributed by atoms with Crippen LogP contribution in [-0.2, 0) is 9.63 Å². The Bertz CT molecular complexity index is 825. The van der Waals surface area contributed by atoms with E-state index in [1.807, 2.05) is 66.7 Å². The van der Waals surface area contributed by atoms with Gasteiger partial charge in [0, 0.05) is 12.5 Å². The Hall–Kier alpha value is -3.40. The molecule has 0 spiro atoms. The molecule has 0 bridgehead atoms. The van der Waals surface area contributed by atoms with Crippen molar-refractivity contribution in [1.82, 2.24) is 5.32 Å². The molecule has 142 valence electrons. The molecule has 0 heterocycles. The summed E-state index contributed by atoms with van der Waals surface area (Å²) in [6.45, 7) is 0.476. The standard InChI is InChI=1S/C24H24N2O2/c27-24(19-28-26-18-20-10-4-1-5-11-20)25-17-16-23(21-12-6-2-7-13-21)22-14-8-3-9-15-22/h1-15,18,23H,16-17,19H2,(H,25,27)/b26-18-. The van der Waals surface area contributed by atoms with E-state index in [0.717, 1.165) is 12.0 Å². The van der Waals surface area contributed by atoms with Crippen LogP contribution in [0.25, 0.3) is 0 Å². The molecule has 0 aliphatic rings. The Morgan fingerprint density at radius 3 is 1.96 bits per heavy atom. The highest BCUT2D eigenvalue weighted by Crippen LogP contribution is 2.27. The number of hydrogen-bond donors (Lipinski definition) is 1. The average Bonchev–Trinajstić information content (AvgIpc) is 2.76. The van der Waals surface area contributed by atoms with Crippen molar-refractivity contribution in [3.63, 3.8) is 0 Å². The number of nitrogens with zero attached hydrogens (tertiary/aromatic N) is 1. The van der Waals surface area contributed by atoms with Crippen LogP contribution < -0.4 is 5.32 Å². The van der Waals surface area contributed by atoms with Gasteiger partial charge < -0.3 is 10.2 Å². The lowest BCUT2D eigenvalue weighted by atomic mass is 9.88. The average molecular weight is 372 g/mol. The zero-order chi connectivity index (χ0) is 19.4. The lowest BCUT2D eigenvalue weighted by Gasteiger charge is -2.18. The van der Waals surface area contributed by atoms with E-state index in [4.69, 9.17) is 4.84 Å². The highest BCUT2D eigenvalue weighted by molar-refractivity contribution is 5.79. The molecule has 1 N–H and O–H groups in total. The highest BCUT2D eigenvalue weighted by atomic mass is 16.6. The summed E-state index contributed by atoms with van der Waals surface area (Å²) in [5.41, 5.74) is 3.41. The van der Waals surface area contributed by atoms with Gasteiger partial charge in [0.2, 0.25) is 0 Å². The first-order valence-electron chi connectivity index (χ1n) is 9.40. The fourth-order valence-electron chi connectivity index (χ4n) is 3.04. The third-order valence-electron chi connectivity index (χ3n) is 4.43. The normalized spacial score (nSPS) is 10.9. The van der Waals surface area contributed by atoms with E-state index in [1.165, 1.54) is 11.1 Å². The summed E-state index contributed by atoms with van der Waals surface area (Å²) in [5.74, 6) is 0.0600. The quantitative estimate of drug-likeness (QED) is 0.448. The Morgan fingerprint density at radius 2 is 1.39 bits per heavy atom. The number of benzene rings is 3. The van der Waals surface area contributed by atoms with Gasteiger partial charge in [-0.25, -0.2) is 0 Å². The molecular weight excluding hydrogens is 348 g/mol. The monoisotopic (exact) mass is 372 g/mol. The smallest absolute Gasteiger partial charge is 0.260 e. The number of carbonyl (C=O) groups is 1. The van der Waals surface area contributed by atoms with Gasteiger partial charge in [-0.2, -0.15) is 0 Å². The second kappa shape index (κ2) is 10.7. The van der Waals surface area contributed by atoms with Crippen molar-refractivity contribution in [2.75, 3.05) is 13.2 Å². The zero-order valence-electron chi connectivity index (χ0n) is 15.7. The van der Waals surface area contributed by atoms with Crippen molar-refractivity contribution >= 4 is 12.1 Å². The molecule has 4 heteroatoms. The molecule has 0 saturated carbocycles. The highest BCUT2D eigenvalue weighted by Gasteiger charge is 2.14. The molecule has 0 unspecified atom stereocenters. The minimum absolute atomic E-state index is 0.0926. The molecule has 1 amide bonds. The Balaban J connectivity index is 1.47. The maximum atomic E-state index is 12.0. The SMILES string of the molecule is O=C(CO/N=C\c1ccccc1)NCCC(c1ccccc1)c1ccccc1. The first-order valence-corrected chi connectivity index (χ1v) is 9.40. The van der Waals surface area contributed by atoms with Gasteiger partial charge in [0.05, 0.1) is 6.21 Å². The van der Waals surface area contributed by atoms with Crippen LogP contribution >= 0.6 is 0 Å². The largest absolute Gasteiger partial charge is 0.386 e. The molecular formula is C24H24N2O2. The van der Waals surface area contributed by atoms with Gasteiger partial charge in [-0.1, -0.05) is 96.2 Å². The van der Waals surface area contributed by atoms with Crippen molar-refractivity contribution in [3.8, 4) is 0 Å². The van der Waals surface area contributed by atoms with Crippen LogP contribution in [0, 0.1) is 0 Å². The number of oxime groups is 1. The van der Waals surface area contributed by atoms with Gasteiger partial charge >= 0.3 is 0 Å². The van der Waals surface area contributed by atoms with Crippen LogP contribution in [0.15, 0.2) is 96.2 Å². The molecule has 3 aromatic rings. The van der Waals surface area contributed by atoms with E-state index in [2.05, 4.69) is 34.7 Å². The summed E-state index contributed by atoms with van der Waals surface area (Å²) in [6.07, 6.45) is 2.40. The maximum Gasteiger partial charge on any atom is 0.260 e. The summed E-state index contributed by atoms with van der Waals surface area (Å²) in [6, 6.07) is 30.3. The van der Waals surface area contributed by atoms with Gasteiger partial charge in [-0.15, -0.1) is 0 Å². The predicted octanol–water partition coefficient (Wildman–Crippen LogP) is 4.38. The lowest BCUT2D eigenvalue weighted by Crippen LogP contribution is -2.29. The molecule has 3 aromatic carbocycles. The third kappa shape index (κ3) is 6.09. The van der Waals surface area contributed by atoms with Crippen LogP contribution in [0.2, 0.25) is 0 Å². The fraction of sp³-hybridized carbons (Fsp3) is 0.167. The van der Waals surface area contributed by atoms with Gasteiger partial charge in [-0.05, 0) is 23.1 Å². The van der Waals surface area contributed by atoms with E-state index < -0.39 is 0 Å². The molecule has 28 heavy (non-hydrogen) atoms. The topological polar surface area (TPSA) is 50.7 Å². The van der Waals surface area contributed by atoms with Crippen molar-refractivity contribution in [2.45, 2.75) is 12.3 Å². The van der Waals surface area contributed by atoms with Crippen LogP contribution in [0.4, 0.5) is 0 Å². The van der Waals surface area contributed by atoms with Gasteiger partial charge in [0.25, 0.3) is 5.91 Å². The first-order chi connectivity index (χ1) is 13.8. The summed E-state index contributed by atoms with van der Waals surface area (Å²) in [4.78, 5) is 17.1. The molecule has 0 saturated heterocycles. The number of rotatable bonds is 9. The predicted molar refractivity (Wildman–Crippen MR) is 112 cm³/mol. The summed E-state index contributed by atoms with van der Waals surface area (Å²) < 4.78 is 0. The van der Waals surface area contributed by atoms with Crippen molar-refractivity contribution in [2.24, 2.45) is 5.16 Å². The summed E-state index contributed by atoms with van der Waals surface area (Å²) in [7, 11) is 0. The minimum Gasteiger partial charge on any atom is -0.386 e. The second-order valence-electron chi connectivity index (χ2n) is 6.43. The molecule has 0 atom stereocenters. The van der Waals surface area contributed by atoms with E-state index in [1.54, 1.807) is 6.21 Å².